The number of methoxy groups -OCH3 is 1. The van der Waals surface area contributed by atoms with Crippen LogP contribution in [-0.2, 0) is 0 Å². The van der Waals surface area contributed by atoms with Crippen LogP contribution in [0.2, 0.25) is 0 Å². The van der Waals surface area contributed by atoms with E-state index in [1.165, 1.54) is 0 Å². The maximum atomic E-state index is 12.8. The number of likely N-dealkylation sites (tertiary alicyclic amines) is 1. The molecule has 3 rings (SSSR count). The first kappa shape index (κ1) is 16.3. The lowest BCUT2D eigenvalue weighted by Crippen LogP contribution is -2.39. The molecule has 24 heavy (non-hydrogen) atoms. The topological polar surface area (TPSA) is 62.4 Å². The molecule has 1 atom stereocenters. The number of pyridine rings is 1. The van der Waals surface area contributed by atoms with Gasteiger partial charge >= 0.3 is 0 Å². The highest BCUT2D eigenvalue weighted by atomic mass is 16.5. The molecule has 0 unspecified atom stereocenters. The summed E-state index contributed by atoms with van der Waals surface area (Å²) in [5.74, 6) is 0.854. The van der Waals surface area contributed by atoms with Gasteiger partial charge in [-0.15, -0.1) is 0 Å². The quantitative estimate of drug-likeness (QED) is 0.943. The van der Waals surface area contributed by atoms with Crippen LogP contribution in [0.5, 0.6) is 5.75 Å². The Morgan fingerprint density at radius 1 is 1.29 bits per heavy atom. The number of hydrogen-bond donors (Lipinski definition) is 1. The van der Waals surface area contributed by atoms with Crippen molar-refractivity contribution >= 4 is 5.91 Å². The number of nitrogens with zero attached hydrogens (tertiary/aromatic N) is 1. The van der Waals surface area contributed by atoms with E-state index in [-0.39, 0.29) is 17.3 Å². The zero-order valence-corrected chi connectivity index (χ0v) is 14.0. The van der Waals surface area contributed by atoms with Crippen molar-refractivity contribution in [2.45, 2.75) is 25.7 Å². The van der Waals surface area contributed by atoms with E-state index < -0.39 is 0 Å². The monoisotopic (exact) mass is 326 g/mol. The first-order valence-corrected chi connectivity index (χ1v) is 8.21. The molecule has 0 bridgehead atoms. The molecule has 1 aliphatic rings. The minimum atomic E-state index is 0.00796. The first-order chi connectivity index (χ1) is 11.6. The second kappa shape index (κ2) is 6.91. The summed E-state index contributed by atoms with van der Waals surface area (Å²) in [5.41, 5.74) is 2.42. The molecule has 1 amide bonds. The number of amides is 1. The van der Waals surface area contributed by atoms with Crippen molar-refractivity contribution in [2.24, 2.45) is 0 Å². The molecule has 0 radical (unpaired) electrons. The maximum absolute atomic E-state index is 12.8. The molecular weight excluding hydrogens is 304 g/mol. The van der Waals surface area contributed by atoms with Gasteiger partial charge in [0.15, 0.2) is 5.43 Å². The van der Waals surface area contributed by atoms with Crippen LogP contribution in [0.4, 0.5) is 0 Å². The molecule has 0 aliphatic carbocycles. The molecule has 2 aromatic rings. The van der Waals surface area contributed by atoms with Crippen molar-refractivity contribution < 1.29 is 9.53 Å². The van der Waals surface area contributed by atoms with E-state index in [2.05, 4.69) is 4.98 Å². The predicted molar refractivity (Wildman–Crippen MR) is 92.7 cm³/mol. The van der Waals surface area contributed by atoms with Crippen molar-refractivity contribution in [1.29, 1.82) is 0 Å². The second-order valence-corrected chi connectivity index (χ2v) is 6.28. The van der Waals surface area contributed by atoms with Gasteiger partial charge in [-0.05, 0) is 38.0 Å². The van der Waals surface area contributed by atoms with Gasteiger partial charge in [0, 0.05) is 48.1 Å². The highest BCUT2D eigenvalue weighted by Crippen LogP contribution is 2.26. The Bertz CT molecular complexity index is 797. The molecule has 1 aromatic carbocycles. The molecular formula is C19H22N2O3. The van der Waals surface area contributed by atoms with Crippen LogP contribution >= 0.6 is 0 Å². The smallest absolute Gasteiger partial charge is 0.254 e. The summed E-state index contributed by atoms with van der Waals surface area (Å²) < 4.78 is 5.20. The van der Waals surface area contributed by atoms with Crippen molar-refractivity contribution in [3.63, 3.8) is 0 Å². The van der Waals surface area contributed by atoms with Gasteiger partial charge in [-0.2, -0.15) is 0 Å². The number of aromatic amines is 1. The van der Waals surface area contributed by atoms with Crippen molar-refractivity contribution in [1.82, 2.24) is 9.88 Å². The zero-order valence-electron chi connectivity index (χ0n) is 14.0. The minimum absolute atomic E-state index is 0.00796. The average molecular weight is 326 g/mol. The van der Waals surface area contributed by atoms with Gasteiger partial charge in [-0.25, -0.2) is 0 Å². The van der Waals surface area contributed by atoms with E-state index in [4.69, 9.17) is 4.74 Å². The van der Waals surface area contributed by atoms with Gasteiger partial charge in [0.05, 0.1) is 7.11 Å². The number of benzene rings is 1. The predicted octanol–water partition coefficient (Wildman–Crippen LogP) is 2.71. The Labute approximate surface area is 141 Å². The van der Waals surface area contributed by atoms with Crippen molar-refractivity contribution in [2.75, 3.05) is 20.2 Å². The normalized spacial score (nSPS) is 17.6. The lowest BCUT2D eigenvalue weighted by atomic mass is 9.93. The minimum Gasteiger partial charge on any atom is -0.497 e. The molecule has 1 fully saturated rings. The molecule has 126 valence electrons. The molecule has 5 heteroatoms. The third kappa shape index (κ3) is 3.50. The Balaban J connectivity index is 1.79. The maximum Gasteiger partial charge on any atom is 0.254 e. The SMILES string of the molecule is COc1cccc(C(=O)N2CCC[C@H](c3cc(=O)cc(C)[nH]3)C2)c1. The Kier molecular flexibility index (Phi) is 4.69. The van der Waals surface area contributed by atoms with Crippen LogP contribution in [0.3, 0.4) is 0 Å². The van der Waals surface area contributed by atoms with Gasteiger partial charge in [-0.3, -0.25) is 9.59 Å². The van der Waals surface area contributed by atoms with E-state index in [1.807, 2.05) is 30.0 Å². The van der Waals surface area contributed by atoms with E-state index in [9.17, 15) is 9.59 Å². The van der Waals surface area contributed by atoms with Crippen LogP contribution in [0, 0.1) is 6.92 Å². The van der Waals surface area contributed by atoms with Crippen molar-refractivity contribution in [3.05, 3.63) is 63.6 Å². The number of aromatic nitrogens is 1. The van der Waals surface area contributed by atoms with Gasteiger partial charge in [0.2, 0.25) is 0 Å². The van der Waals surface area contributed by atoms with E-state index in [0.717, 1.165) is 30.8 Å². The highest BCUT2D eigenvalue weighted by molar-refractivity contribution is 5.94. The fourth-order valence-electron chi connectivity index (χ4n) is 3.28. The fraction of sp³-hybridized carbons (Fsp3) is 0.368. The average Bonchev–Trinajstić information content (AvgIpc) is 2.60. The summed E-state index contributed by atoms with van der Waals surface area (Å²) in [6.07, 6.45) is 1.90. The van der Waals surface area contributed by atoms with Crippen LogP contribution in [0.25, 0.3) is 0 Å². The number of H-pyrrole nitrogens is 1. The Hall–Kier alpha value is -2.56. The molecule has 2 heterocycles. The number of aryl methyl sites for hydroxylation is 1. The number of carbonyl (C=O) groups excluding carboxylic acids is 1. The number of ether oxygens (including phenoxy) is 1. The van der Waals surface area contributed by atoms with Gasteiger partial charge in [-0.1, -0.05) is 6.07 Å². The highest BCUT2D eigenvalue weighted by Gasteiger charge is 2.26. The van der Waals surface area contributed by atoms with Gasteiger partial charge < -0.3 is 14.6 Å². The lowest BCUT2D eigenvalue weighted by Gasteiger charge is -2.33. The van der Waals surface area contributed by atoms with Crippen molar-refractivity contribution in [3.8, 4) is 5.75 Å². The number of hydrogen-bond acceptors (Lipinski definition) is 3. The number of rotatable bonds is 3. The summed E-state index contributed by atoms with van der Waals surface area (Å²) in [7, 11) is 1.59. The largest absolute Gasteiger partial charge is 0.497 e. The van der Waals surface area contributed by atoms with Crippen LogP contribution in [0.15, 0.2) is 41.2 Å². The summed E-state index contributed by atoms with van der Waals surface area (Å²) in [6.45, 7) is 3.24. The third-order valence-corrected chi connectivity index (χ3v) is 4.46. The fourth-order valence-corrected chi connectivity index (χ4v) is 3.28. The summed E-state index contributed by atoms with van der Waals surface area (Å²) >= 11 is 0. The number of piperidine rings is 1. The van der Waals surface area contributed by atoms with Crippen LogP contribution in [-0.4, -0.2) is 36.0 Å². The number of carbonyl (C=O) groups is 1. The Morgan fingerprint density at radius 3 is 2.88 bits per heavy atom. The van der Waals surface area contributed by atoms with Gasteiger partial charge in [0.1, 0.15) is 5.75 Å². The second-order valence-electron chi connectivity index (χ2n) is 6.28. The summed E-state index contributed by atoms with van der Waals surface area (Å²) in [4.78, 5) is 29.7. The summed E-state index contributed by atoms with van der Waals surface area (Å²) in [5, 5.41) is 0. The molecule has 0 saturated carbocycles. The molecule has 1 aliphatic heterocycles. The Morgan fingerprint density at radius 2 is 2.12 bits per heavy atom. The van der Waals surface area contributed by atoms with E-state index >= 15 is 0 Å². The lowest BCUT2D eigenvalue weighted by molar-refractivity contribution is 0.0705. The standard InChI is InChI=1S/C19H22N2O3/c1-13-9-16(22)11-18(20-13)15-6-4-8-21(12-15)19(23)14-5-3-7-17(10-14)24-2/h3,5,7,9-11,15H,4,6,8,12H2,1-2H3,(H,20,22)/t15-/m0/s1. The molecule has 0 spiro atoms. The third-order valence-electron chi connectivity index (χ3n) is 4.46. The van der Waals surface area contributed by atoms with Crippen LogP contribution in [0.1, 0.15) is 40.5 Å². The zero-order chi connectivity index (χ0) is 17.1. The van der Waals surface area contributed by atoms with Crippen LogP contribution < -0.4 is 10.2 Å². The first-order valence-electron chi connectivity index (χ1n) is 8.21. The number of nitrogens with one attached hydrogen (secondary N) is 1. The van der Waals surface area contributed by atoms with E-state index in [0.29, 0.717) is 17.9 Å². The molecule has 1 aromatic heterocycles. The molecule has 1 N–H and O–H groups in total. The molecule has 5 nitrogen and oxygen atoms in total. The summed E-state index contributed by atoms with van der Waals surface area (Å²) in [6, 6.07) is 10.5. The van der Waals surface area contributed by atoms with E-state index in [1.54, 1.807) is 25.3 Å². The van der Waals surface area contributed by atoms with Gasteiger partial charge in [0.25, 0.3) is 5.91 Å². The molecule has 1 saturated heterocycles.